The van der Waals surface area contributed by atoms with E-state index < -0.39 is 11.9 Å². The van der Waals surface area contributed by atoms with Gasteiger partial charge in [-0.25, -0.2) is 0 Å². The molecule has 0 aliphatic carbocycles. The van der Waals surface area contributed by atoms with E-state index in [2.05, 4.69) is 19.9 Å². The fraction of sp³-hybridized carbons (Fsp3) is 0.833. The van der Waals surface area contributed by atoms with E-state index in [4.69, 9.17) is 10.2 Å². The summed E-state index contributed by atoms with van der Waals surface area (Å²) in [5.41, 5.74) is 1.62. The van der Waals surface area contributed by atoms with Crippen LogP contribution in [0, 0.1) is 5.92 Å². The molecule has 0 radical (unpaired) electrons. The standard InChI is InChI=1S/C24H44O4/c1-3-16-22(18-13-9-7-11-15-20-24(27)28)21(4-2)17-12-8-5-6-10-14-19-23(25)26/h17,22H,3-16,18-20H2,1-2H3,(H,25,26)(H,27,28)/b21-17+. The Hall–Kier alpha value is -1.32. The number of rotatable bonds is 20. The number of carboxylic acid groups (broad SMARTS) is 2. The lowest BCUT2D eigenvalue weighted by Gasteiger charge is -2.19. The highest BCUT2D eigenvalue weighted by Gasteiger charge is 2.11. The Kier molecular flexibility index (Phi) is 18.1. The molecule has 0 aromatic carbocycles. The van der Waals surface area contributed by atoms with Gasteiger partial charge < -0.3 is 10.2 Å². The summed E-state index contributed by atoms with van der Waals surface area (Å²) >= 11 is 0. The summed E-state index contributed by atoms with van der Waals surface area (Å²) < 4.78 is 0. The molecule has 0 fully saturated rings. The predicted molar refractivity (Wildman–Crippen MR) is 117 cm³/mol. The molecule has 4 heteroatoms. The molecule has 1 atom stereocenters. The van der Waals surface area contributed by atoms with Crippen LogP contribution in [0.2, 0.25) is 0 Å². The Morgan fingerprint density at radius 1 is 0.714 bits per heavy atom. The van der Waals surface area contributed by atoms with Crippen molar-refractivity contribution in [3.05, 3.63) is 11.6 Å². The average Bonchev–Trinajstić information content (AvgIpc) is 2.65. The molecule has 0 heterocycles. The van der Waals surface area contributed by atoms with E-state index >= 15 is 0 Å². The minimum atomic E-state index is -0.683. The number of aliphatic carboxylic acids is 2. The van der Waals surface area contributed by atoms with Crippen LogP contribution in [-0.4, -0.2) is 22.2 Å². The molecule has 0 aromatic rings. The molecule has 28 heavy (non-hydrogen) atoms. The van der Waals surface area contributed by atoms with E-state index in [0.717, 1.165) is 51.4 Å². The summed E-state index contributed by atoms with van der Waals surface area (Å²) in [5, 5.41) is 17.3. The number of hydrogen-bond acceptors (Lipinski definition) is 2. The van der Waals surface area contributed by atoms with Gasteiger partial charge in [0.1, 0.15) is 0 Å². The van der Waals surface area contributed by atoms with Crippen LogP contribution < -0.4 is 0 Å². The molecule has 4 nitrogen and oxygen atoms in total. The molecule has 0 spiro atoms. The summed E-state index contributed by atoms with van der Waals surface area (Å²) in [5.74, 6) is -0.650. The van der Waals surface area contributed by atoms with Crippen LogP contribution in [0.15, 0.2) is 11.6 Å². The lowest BCUT2D eigenvalue weighted by molar-refractivity contribution is -0.138. The maximum atomic E-state index is 10.5. The number of carbonyl (C=O) groups is 2. The molecular formula is C24H44O4. The maximum Gasteiger partial charge on any atom is 0.303 e. The zero-order chi connectivity index (χ0) is 21.0. The first-order valence-electron chi connectivity index (χ1n) is 11.6. The van der Waals surface area contributed by atoms with Gasteiger partial charge in [-0.3, -0.25) is 9.59 Å². The van der Waals surface area contributed by atoms with Gasteiger partial charge in [0.05, 0.1) is 0 Å². The molecule has 0 aliphatic heterocycles. The second kappa shape index (κ2) is 19.0. The summed E-state index contributed by atoms with van der Waals surface area (Å²) in [4.78, 5) is 21.0. The van der Waals surface area contributed by atoms with E-state index in [1.165, 1.54) is 44.9 Å². The minimum absolute atomic E-state index is 0.304. The molecule has 2 N–H and O–H groups in total. The largest absolute Gasteiger partial charge is 0.481 e. The Morgan fingerprint density at radius 2 is 1.21 bits per heavy atom. The van der Waals surface area contributed by atoms with Crippen LogP contribution in [0.3, 0.4) is 0 Å². The molecule has 0 aromatic heterocycles. The van der Waals surface area contributed by atoms with Gasteiger partial charge in [-0.05, 0) is 50.9 Å². The van der Waals surface area contributed by atoms with E-state index in [9.17, 15) is 9.59 Å². The third kappa shape index (κ3) is 16.8. The molecule has 0 rings (SSSR count). The summed E-state index contributed by atoms with van der Waals surface area (Å²) in [7, 11) is 0. The van der Waals surface area contributed by atoms with Gasteiger partial charge in [-0.2, -0.15) is 0 Å². The van der Waals surface area contributed by atoms with Crippen molar-refractivity contribution in [3.8, 4) is 0 Å². The smallest absolute Gasteiger partial charge is 0.303 e. The number of hydrogen-bond donors (Lipinski definition) is 2. The van der Waals surface area contributed by atoms with Gasteiger partial charge >= 0.3 is 11.9 Å². The van der Waals surface area contributed by atoms with Gasteiger partial charge in [-0.1, -0.05) is 76.9 Å². The van der Waals surface area contributed by atoms with Crippen molar-refractivity contribution in [2.75, 3.05) is 0 Å². The number of carboxylic acids is 2. The van der Waals surface area contributed by atoms with E-state index in [-0.39, 0.29) is 0 Å². The van der Waals surface area contributed by atoms with Crippen LogP contribution in [0.25, 0.3) is 0 Å². The van der Waals surface area contributed by atoms with Crippen LogP contribution in [0.1, 0.15) is 123 Å². The van der Waals surface area contributed by atoms with E-state index in [1.54, 1.807) is 5.57 Å². The topological polar surface area (TPSA) is 74.6 Å². The van der Waals surface area contributed by atoms with Crippen molar-refractivity contribution in [3.63, 3.8) is 0 Å². The Balaban J connectivity index is 4.02. The van der Waals surface area contributed by atoms with Gasteiger partial charge in [0.2, 0.25) is 0 Å². The first-order chi connectivity index (χ1) is 13.5. The molecule has 1 unspecified atom stereocenters. The fourth-order valence-corrected chi connectivity index (χ4v) is 3.90. The van der Waals surface area contributed by atoms with Crippen LogP contribution in [0.5, 0.6) is 0 Å². The van der Waals surface area contributed by atoms with Crippen LogP contribution >= 0.6 is 0 Å². The highest BCUT2D eigenvalue weighted by molar-refractivity contribution is 5.66. The highest BCUT2D eigenvalue weighted by Crippen LogP contribution is 2.27. The summed E-state index contributed by atoms with van der Waals surface area (Å²) in [6.45, 7) is 4.54. The summed E-state index contributed by atoms with van der Waals surface area (Å²) in [6, 6.07) is 0. The van der Waals surface area contributed by atoms with Crippen LogP contribution in [0.4, 0.5) is 0 Å². The van der Waals surface area contributed by atoms with Gasteiger partial charge in [0.25, 0.3) is 0 Å². The normalized spacial score (nSPS) is 12.9. The lowest BCUT2D eigenvalue weighted by atomic mass is 9.86. The summed E-state index contributed by atoms with van der Waals surface area (Å²) in [6.07, 6.45) is 20.0. The zero-order valence-corrected chi connectivity index (χ0v) is 18.4. The SMILES string of the molecule is CCCC(CCCCCCCC(=O)O)/C(=C/CCCCCCCC(=O)O)CC. The number of allylic oxidation sites excluding steroid dienone is 2. The molecule has 164 valence electrons. The van der Waals surface area contributed by atoms with Crippen molar-refractivity contribution >= 4 is 11.9 Å². The van der Waals surface area contributed by atoms with Crippen LogP contribution in [-0.2, 0) is 9.59 Å². The molecule has 0 amide bonds. The molecular weight excluding hydrogens is 352 g/mol. The van der Waals surface area contributed by atoms with Gasteiger partial charge in [0.15, 0.2) is 0 Å². The maximum absolute atomic E-state index is 10.5. The molecule has 0 saturated carbocycles. The first kappa shape index (κ1) is 26.7. The fourth-order valence-electron chi connectivity index (χ4n) is 3.90. The Morgan fingerprint density at radius 3 is 1.71 bits per heavy atom. The average molecular weight is 397 g/mol. The second-order valence-corrected chi connectivity index (χ2v) is 8.02. The Bertz CT molecular complexity index is 428. The Labute approximate surface area is 172 Å². The van der Waals surface area contributed by atoms with E-state index in [1.807, 2.05) is 0 Å². The third-order valence-corrected chi connectivity index (χ3v) is 5.51. The lowest BCUT2D eigenvalue weighted by Crippen LogP contribution is -2.04. The zero-order valence-electron chi connectivity index (χ0n) is 18.4. The van der Waals surface area contributed by atoms with Gasteiger partial charge in [0, 0.05) is 12.8 Å². The molecule has 0 saturated heterocycles. The van der Waals surface area contributed by atoms with Crippen molar-refractivity contribution in [1.29, 1.82) is 0 Å². The third-order valence-electron chi connectivity index (χ3n) is 5.51. The van der Waals surface area contributed by atoms with E-state index in [0.29, 0.717) is 18.8 Å². The van der Waals surface area contributed by atoms with Crippen molar-refractivity contribution in [2.45, 2.75) is 123 Å². The number of unbranched alkanes of at least 4 members (excludes halogenated alkanes) is 9. The van der Waals surface area contributed by atoms with Crippen molar-refractivity contribution in [2.24, 2.45) is 5.92 Å². The quantitative estimate of drug-likeness (QED) is 0.166. The highest BCUT2D eigenvalue weighted by atomic mass is 16.4. The van der Waals surface area contributed by atoms with Crippen molar-refractivity contribution < 1.29 is 19.8 Å². The van der Waals surface area contributed by atoms with Gasteiger partial charge in [-0.15, -0.1) is 0 Å². The first-order valence-corrected chi connectivity index (χ1v) is 11.6. The monoisotopic (exact) mass is 396 g/mol. The molecule has 0 bridgehead atoms. The minimum Gasteiger partial charge on any atom is -0.481 e. The predicted octanol–water partition coefficient (Wildman–Crippen LogP) is 7.37. The second-order valence-electron chi connectivity index (χ2n) is 8.02. The van der Waals surface area contributed by atoms with Crippen molar-refractivity contribution in [1.82, 2.24) is 0 Å². The molecule has 0 aliphatic rings.